The van der Waals surface area contributed by atoms with Crippen molar-refractivity contribution >= 4 is 16.7 Å². The summed E-state index contributed by atoms with van der Waals surface area (Å²) in [6.45, 7) is 0.591. The van der Waals surface area contributed by atoms with Gasteiger partial charge in [-0.15, -0.1) is 0 Å². The number of ether oxygens (including phenoxy) is 1. The van der Waals surface area contributed by atoms with Gasteiger partial charge in [0.15, 0.2) is 16.8 Å². The highest BCUT2D eigenvalue weighted by atomic mass is 16.6. The molecule has 102 valence electrons. The lowest BCUT2D eigenvalue weighted by molar-refractivity contribution is 0.302. The molecule has 6 nitrogen and oxygen atoms in total. The Hall–Kier alpha value is -2.63. The lowest BCUT2D eigenvalue weighted by Gasteiger charge is -2.06. The van der Waals surface area contributed by atoms with E-state index in [0.717, 1.165) is 12.8 Å². The van der Waals surface area contributed by atoms with E-state index < -0.39 is 0 Å². The second-order valence-corrected chi connectivity index (χ2v) is 4.42. The van der Waals surface area contributed by atoms with E-state index in [-0.39, 0.29) is 0 Å². The zero-order chi connectivity index (χ0) is 13.8. The Labute approximate surface area is 115 Å². The van der Waals surface area contributed by atoms with E-state index in [1.807, 2.05) is 12.1 Å². The number of nitrogen functional groups attached to an aromatic ring is 1. The van der Waals surface area contributed by atoms with Gasteiger partial charge in [-0.05, 0) is 53.0 Å². The van der Waals surface area contributed by atoms with Crippen molar-refractivity contribution in [3.63, 3.8) is 0 Å². The predicted molar refractivity (Wildman–Crippen MR) is 74.3 cm³/mol. The molecule has 0 amide bonds. The van der Waals surface area contributed by atoms with Crippen molar-refractivity contribution in [2.24, 2.45) is 0 Å². The van der Waals surface area contributed by atoms with Crippen LogP contribution in [0.1, 0.15) is 12.0 Å². The standard InChI is InChI=1S/C14H14N4O2/c15-11-3-4-12(14-13(11)17-20-18-14)19-9-1-2-10-5-7-16-8-6-10/h3-8H,1-2,9,15H2. The number of benzene rings is 1. The normalized spacial score (nSPS) is 10.8. The number of aryl methyl sites for hydroxylation is 1. The summed E-state index contributed by atoms with van der Waals surface area (Å²) in [5, 5.41) is 7.57. The molecular weight excluding hydrogens is 256 g/mol. The molecule has 2 aromatic heterocycles. The van der Waals surface area contributed by atoms with Gasteiger partial charge in [0, 0.05) is 12.4 Å². The van der Waals surface area contributed by atoms with Crippen LogP contribution in [0.3, 0.4) is 0 Å². The minimum Gasteiger partial charge on any atom is -0.491 e. The first kappa shape index (κ1) is 12.4. The van der Waals surface area contributed by atoms with Crippen molar-refractivity contribution in [2.75, 3.05) is 12.3 Å². The van der Waals surface area contributed by atoms with Gasteiger partial charge in [0.05, 0.1) is 12.3 Å². The molecule has 0 unspecified atom stereocenters. The molecule has 0 aliphatic heterocycles. The molecule has 0 atom stereocenters. The van der Waals surface area contributed by atoms with Gasteiger partial charge in [-0.1, -0.05) is 0 Å². The Morgan fingerprint density at radius 2 is 1.85 bits per heavy atom. The van der Waals surface area contributed by atoms with Crippen molar-refractivity contribution in [3.05, 3.63) is 42.2 Å². The molecule has 1 aromatic carbocycles. The first-order valence-corrected chi connectivity index (χ1v) is 6.37. The Balaban J connectivity index is 1.60. The van der Waals surface area contributed by atoms with Gasteiger partial charge >= 0.3 is 0 Å². The first-order valence-electron chi connectivity index (χ1n) is 6.37. The number of hydrogen-bond donors (Lipinski definition) is 1. The number of hydrogen-bond acceptors (Lipinski definition) is 6. The van der Waals surface area contributed by atoms with Crippen LogP contribution in [0.15, 0.2) is 41.3 Å². The van der Waals surface area contributed by atoms with Crippen LogP contribution >= 0.6 is 0 Å². The number of rotatable bonds is 5. The van der Waals surface area contributed by atoms with Crippen LogP contribution in [0.5, 0.6) is 5.75 Å². The van der Waals surface area contributed by atoms with Crippen LogP contribution in [-0.4, -0.2) is 21.9 Å². The lowest BCUT2D eigenvalue weighted by Crippen LogP contribution is -2.00. The lowest BCUT2D eigenvalue weighted by atomic mass is 10.1. The molecule has 0 bridgehead atoms. The third-order valence-corrected chi connectivity index (χ3v) is 3.03. The van der Waals surface area contributed by atoms with Crippen molar-refractivity contribution in [3.8, 4) is 5.75 Å². The van der Waals surface area contributed by atoms with Gasteiger partial charge < -0.3 is 10.5 Å². The molecule has 2 heterocycles. The molecular formula is C14H14N4O2. The van der Waals surface area contributed by atoms with Gasteiger partial charge in [0.1, 0.15) is 0 Å². The maximum Gasteiger partial charge on any atom is 0.179 e. The van der Waals surface area contributed by atoms with Gasteiger partial charge in [-0.25, -0.2) is 4.63 Å². The summed E-state index contributed by atoms with van der Waals surface area (Å²) >= 11 is 0. The van der Waals surface area contributed by atoms with Gasteiger partial charge in [-0.3, -0.25) is 4.98 Å². The number of fused-ring (bicyclic) bond motifs is 1. The van der Waals surface area contributed by atoms with Crippen LogP contribution in [0.2, 0.25) is 0 Å². The summed E-state index contributed by atoms with van der Waals surface area (Å²) < 4.78 is 10.4. The second kappa shape index (κ2) is 5.56. The number of anilines is 1. The molecule has 0 fully saturated rings. The highest BCUT2D eigenvalue weighted by Gasteiger charge is 2.10. The smallest absolute Gasteiger partial charge is 0.179 e. The zero-order valence-corrected chi connectivity index (χ0v) is 10.8. The molecule has 0 radical (unpaired) electrons. The highest BCUT2D eigenvalue weighted by molar-refractivity contribution is 5.90. The first-order chi connectivity index (χ1) is 9.84. The van der Waals surface area contributed by atoms with E-state index in [4.69, 9.17) is 15.1 Å². The van der Waals surface area contributed by atoms with E-state index in [1.165, 1.54) is 5.56 Å². The van der Waals surface area contributed by atoms with Crippen molar-refractivity contribution in [1.29, 1.82) is 0 Å². The van der Waals surface area contributed by atoms with Crippen LogP contribution in [0.25, 0.3) is 11.0 Å². The SMILES string of the molecule is Nc1ccc(OCCCc2ccncc2)c2nonc12. The maximum absolute atomic E-state index is 5.78. The molecule has 0 saturated carbocycles. The average molecular weight is 270 g/mol. The average Bonchev–Trinajstić information content (AvgIpc) is 2.97. The van der Waals surface area contributed by atoms with Crippen molar-refractivity contribution in [1.82, 2.24) is 15.3 Å². The minimum absolute atomic E-state index is 0.533. The molecule has 2 N–H and O–H groups in total. The fourth-order valence-corrected chi connectivity index (χ4v) is 1.99. The quantitative estimate of drug-likeness (QED) is 0.565. The number of pyridine rings is 1. The third-order valence-electron chi connectivity index (χ3n) is 3.03. The van der Waals surface area contributed by atoms with Gasteiger partial charge in [0.2, 0.25) is 0 Å². The molecule has 0 aliphatic carbocycles. The summed E-state index contributed by atoms with van der Waals surface area (Å²) in [4.78, 5) is 3.99. The monoisotopic (exact) mass is 270 g/mol. The zero-order valence-electron chi connectivity index (χ0n) is 10.8. The van der Waals surface area contributed by atoms with Crippen molar-refractivity contribution in [2.45, 2.75) is 12.8 Å². The Morgan fingerprint density at radius 1 is 1.05 bits per heavy atom. The fraction of sp³-hybridized carbons (Fsp3) is 0.214. The predicted octanol–water partition coefficient (Wildman–Crippen LogP) is 2.21. The van der Waals surface area contributed by atoms with Crippen LogP contribution < -0.4 is 10.5 Å². The Bertz CT molecular complexity index is 697. The number of nitrogens with two attached hydrogens (primary N) is 1. The molecule has 0 spiro atoms. The van der Waals surface area contributed by atoms with Crippen LogP contribution in [0.4, 0.5) is 5.69 Å². The minimum atomic E-state index is 0.533. The van der Waals surface area contributed by atoms with E-state index in [0.29, 0.717) is 29.1 Å². The van der Waals surface area contributed by atoms with Gasteiger partial charge in [-0.2, -0.15) is 0 Å². The summed E-state index contributed by atoms with van der Waals surface area (Å²) in [7, 11) is 0. The molecule has 3 aromatic rings. The molecule has 0 aliphatic rings. The molecule has 20 heavy (non-hydrogen) atoms. The van der Waals surface area contributed by atoms with Crippen molar-refractivity contribution < 1.29 is 9.37 Å². The van der Waals surface area contributed by atoms with Crippen LogP contribution in [-0.2, 0) is 6.42 Å². The number of nitrogens with zero attached hydrogens (tertiary/aromatic N) is 3. The third kappa shape index (κ3) is 2.54. The maximum atomic E-state index is 5.78. The summed E-state index contributed by atoms with van der Waals surface area (Å²) in [5.41, 5.74) is 8.66. The fourth-order valence-electron chi connectivity index (χ4n) is 1.99. The van der Waals surface area contributed by atoms with E-state index in [9.17, 15) is 0 Å². The van der Waals surface area contributed by atoms with Gasteiger partial charge in [0.25, 0.3) is 0 Å². The summed E-state index contributed by atoms with van der Waals surface area (Å²) in [5.74, 6) is 0.644. The Kier molecular flexibility index (Phi) is 3.45. The number of aromatic nitrogens is 3. The molecule has 6 heteroatoms. The molecule has 0 saturated heterocycles. The molecule has 3 rings (SSSR count). The summed E-state index contributed by atoms with van der Waals surface area (Å²) in [6.07, 6.45) is 5.43. The second-order valence-electron chi connectivity index (χ2n) is 4.42. The largest absolute Gasteiger partial charge is 0.491 e. The topological polar surface area (TPSA) is 87.1 Å². The van der Waals surface area contributed by atoms with E-state index >= 15 is 0 Å². The van der Waals surface area contributed by atoms with E-state index in [1.54, 1.807) is 24.5 Å². The summed E-state index contributed by atoms with van der Waals surface area (Å²) in [6, 6.07) is 7.53. The van der Waals surface area contributed by atoms with E-state index in [2.05, 4.69) is 15.3 Å². The Morgan fingerprint density at radius 3 is 2.70 bits per heavy atom. The van der Waals surface area contributed by atoms with Crippen LogP contribution in [0, 0.1) is 0 Å². The highest BCUT2D eigenvalue weighted by Crippen LogP contribution is 2.27.